The number of carbonyl (C=O) groups is 1. The quantitative estimate of drug-likeness (QED) is 0.511. The van der Waals surface area contributed by atoms with E-state index in [-0.39, 0.29) is 17.5 Å². The summed E-state index contributed by atoms with van der Waals surface area (Å²) in [5, 5.41) is 17.1. The molecule has 1 aliphatic rings. The number of amides is 1. The predicted molar refractivity (Wildman–Crippen MR) is 112 cm³/mol. The first-order chi connectivity index (χ1) is 14.5. The molecule has 0 radical (unpaired) electrons. The molecule has 5 nitrogen and oxygen atoms in total. The third-order valence-corrected chi connectivity index (χ3v) is 5.41. The Bertz CT molecular complexity index is 1230. The number of phenolic OH excluding ortho intramolecular Hbond substituents is 1. The van der Waals surface area contributed by atoms with Crippen LogP contribution in [-0.4, -0.2) is 21.2 Å². The number of aryl methyl sites for hydroxylation is 1. The van der Waals surface area contributed by atoms with E-state index in [1.807, 2.05) is 31.2 Å². The van der Waals surface area contributed by atoms with Gasteiger partial charge in [-0.25, -0.2) is 4.39 Å². The van der Waals surface area contributed by atoms with Crippen molar-refractivity contribution in [1.82, 2.24) is 10.2 Å². The molecule has 0 fully saturated rings. The summed E-state index contributed by atoms with van der Waals surface area (Å²) in [5.41, 5.74) is 5.30. The number of fused-ring (bicyclic) bond motifs is 1. The van der Waals surface area contributed by atoms with E-state index in [1.54, 1.807) is 41.3 Å². The van der Waals surface area contributed by atoms with Gasteiger partial charge in [0.25, 0.3) is 5.91 Å². The predicted octanol–water partition coefficient (Wildman–Crippen LogP) is 4.98. The van der Waals surface area contributed by atoms with Crippen LogP contribution in [0.4, 0.5) is 10.1 Å². The number of benzene rings is 3. The molecule has 1 aromatic heterocycles. The van der Waals surface area contributed by atoms with Crippen molar-refractivity contribution in [3.05, 3.63) is 101 Å². The molecule has 0 unspecified atom stereocenters. The average Bonchev–Trinajstić information content (AvgIpc) is 3.29. The highest BCUT2D eigenvalue weighted by atomic mass is 19.1. The zero-order chi connectivity index (χ0) is 20.8. The number of anilines is 1. The van der Waals surface area contributed by atoms with Crippen molar-refractivity contribution < 1.29 is 14.3 Å². The zero-order valence-corrected chi connectivity index (χ0v) is 16.1. The second kappa shape index (κ2) is 6.84. The monoisotopic (exact) mass is 399 g/mol. The highest BCUT2D eigenvalue weighted by molar-refractivity contribution is 6.11. The van der Waals surface area contributed by atoms with Gasteiger partial charge in [-0.1, -0.05) is 42.0 Å². The van der Waals surface area contributed by atoms with E-state index in [1.165, 1.54) is 12.1 Å². The Morgan fingerprint density at radius 3 is 2.30 bits per heavy atom. The fraction of sp³-hybridized carbons (Fsp3) is 0.0833. The lowest BCUT2D eigenvalue weighted by molar-refractivity contribution is 0.0988. The number of halogens is 1. The van der Waals surface area contributed by atoms with E-state index >= 15 is 0 Å². The number of hydrogen-bond acceptors (Lipinski definition) is 3. The Morgan fingerprint density at radius 1 is 0.967 bits per heavy atom. The number of H-pyrrole nitrogens is 1. The summed E-state index contributed by atoms with van der Waals surface area (Å²) >= 11 is 0. The van der Waals surface area contributed by atoms with Crippen LogP contribution in [0.25, 0.3) is 11.3 Å². The minimum absolute atomic E-state index is 0.141. The fourth-order valence-corrected chi connectivity index (χ4v) is 3.92. The van der Waals surface area contributed by atoms with Gasteiger partial charge in [-0.15, -0.1) is 0 Å². The first-order valence-corrected chi connectivity index (χ1v) is 9.56. The lowest BCUT2D eigenvalue weighted by Gasteiger charge is -2.26. The normalized spacial score (nSPS) is 15.5. The summed E-state index contributed by atoms with van der Waals surface area (Å²) in [4.78, 5) is 15.0. The maximum absolute atomic E-state index is 13.5. The number of nitrogens with zero attached hydrogens (tertiary/aromatic N) is 2. The molecule has 0 aliphatic carbocycles. The molecule has 1 amide bonds. The molecule has 2 heterocycles. The van der Waals surface area contributed by atoms with Gasteiger partial charge in [0.05, 0.1) is 11.7 Å². The molecule has 0 saturated carbocycles. The molecule has 1 aliphatic heterocycles. The molecule has 1 atom stereocenters. The first kappa shape index (κ1) is 18.1. The summed E-state index contributed by atoms with van der Waals surface area (Å²) in [5.74, 6) is -0.463. The molecule has 0 spiro atoms. The molecule has 2 N–H and O–H groups in total. The number of nitrogens with one attached hydrogen (secondary N) is 1. The first-order valence-electron chi connectivity index (χ1n) is 9.56. The lowest BCUT2D eigenvalue weighted by atomic mass is 9.95. The summed E-state index contributed by atoms with van der Waals surface area (Å²) in [6.45, 7) is 2.01. The van der Waals surface area contributed by atoms with Gasteiger partial charge in [-0.3, -0.25) is 14.8 Å². The molecule has 0 bridgehead atoms. The van der Waals surface area contributed by atoms with E-state index < -0.39 is 6.04 Å². The van der Waals surface area contributed by atoms with Crippen molar-refractivity contribution in [3.63, 3.8) is 0 Å². The van der Waals surface area contributed by atoms with Crippen LogP contribution < -0.4 is 4.90 Å². The number of hydrogen-bond donors (Lipinski definition) is 2. The standard InChI is InChI=1S/C24H18FN3O2/c1-14-2-4-15(5-3-14)21-20-22(27-26-21)24(30)28(18-10-8-17(25)9-11-18)23(20)16-6-12-19(29)13-7-16/h2-13,23,29H,1H3,(H,26,27)/t23-/m0/s1. The van der Waals surface area contributed by atoms with E-state index in [0.717, 1.165) is 22.3 Å². The third kappa shape index (κ3) is 2.85. The number of rotatable bonds is 3. The lowest BCUT2D eigenvalue weighted by Crippen LogP contribution is -2.29. The molecular formula is C24H18FN3O2. The third-order valence-electron chi connectivity index (χ3n) is 5.41. The van der Waals surface area contributed by atoms with Crippen molar-refractivity contribution in [2.45, 2.75) is 13.0 Å². The van der Waals surface area contributed by atoms with Crippen LogP contribution in [0.15, 0.2) is 72.8 Å². The molecule has 30 heavy (non-hydrogen) atoms. The Hall–Kier alpha value is -3.93. The van der Waals surface area contributed by atoms with Crippen LogP contribution in [0, 0.1) is 12.7 Å². The Balaban J connectivity index is 1.71. The van der Waals surface area contributed by atoms with Gasteiger partial charge in [0.1, 0.15) is 17.3 Å². The maximum atomic E-state index is 13.5. The fourth-order valence-electron chi connectivity index (χ4n) is 3.92. The Morgan fingerprint density at radius 2 is 1.63 bits per heavy atom. The zero-order valence-electron chi connectivity index (χ0n) is 16.1. The van der Waals surface area contributed by atoms with Crippen molar-refractivity contribution in [3.8, 4) is 17.0 Å². The number of aromatic amines is 1. The molecule has 4 aromatic rings. The van der Waals surface area contributed by atoms with Gasteiger partial charge >= 0.3 is 0 Å². The van der Waals surface area contributed by atoms with Gasteiger partial charge < -0.3 is 5.11 Å². The van der Waals surface area contributed by atoms with E-state index in [4.69, 9.17) is 0 Å². The van der Waals surface area contributed by atoms with Gasteiger partial charge in [-0.2, -0.15) is 5.10 Å². The van der Waals surface area contributed by atoms with E-state index in [9.17, 15) is 14.3 Å². The smallest absolute Gasteiger partial charge is 0.277 e. The van der Waals surface area contributed by atoms with Crippen molar-refractivity contribution in [1.29, 1.82) is 0 Å². The van der Waals surface area contributed by atoms with Crippen molar-refractivity contribution >= 4 is 11.6 Å². The van der Waals surface area contributed by atoms with Gasteiger partial charge in [0, 0.05) is 16.8 Å². The van der Waals surface area contributed by atoms with Crippen LogP contribution in [-0.2, 0) is 0 Å². The largest absolute Gasteiger partial charge is 0.508 e. The van der Waals surface area contributed by atoms with Crippen LogP contribution in [0.3, 0.4) is 0 Å². The number of carbonyl (C=O) groups excluding carboxylic acids is 1. The second-order valence-electron chi connectivity index (χ2n) is 7.37. The van der Waals surface area contributed by atoms with Crippen LogP contribution in [0.2, 0.25) is 0 Å². The number of phenols is 1. The molecule has 0 saturated heterocycles. The Kier molecular flexibility index (Phi) is 4.13. The SMILES string of the molecule is Cc1ccc(-c2n[nH]c3c2[C@H](c2ccc(O)cc2)N(c2ccc(F)cc2)C3=O)cc1. The summed E-state index contributed by atoms with van der Waals surface area (Å²) in [7, 11) is 0. The minimum atomic E-state index is -0.464. The van der Waals surface area contributed by atoms with Gasteiger partial charge in [0.2, 0.25) is 0 Å². The molecule has 5 rings (SSSR count). The van der Waals surface area contributed by atoms with Crippen LogP contribution in [0.5, 0.6) is 5.75 Å². The summed E-state index contributed by atoms with van der Waals surface area (Å²) in [6, 6.07) is 20.1. The van der Waals surface area contributed by atoms with E-state index in [2.05, 4.69) is 10.2 Å². The van der Waals surface area contributed by atoms with Crippen LogP contribution >= 0.6 is 0 Å². The minimum Gasteiger partial charge on any atom is -0.508 e. The average molecular weight is 399 g/mol. The Labute approximate surface area is 172 Å². The second-order valence-corrected chi connectivity index (χ2v) is 7.37. The molecule has 3 aromatic carbocycles. The van der Waals surface area contributed by atoms with E-state index in [0.29, 0.717) is 17.1 Å². The summed E-state index contributed by atoms with van der Waals surface area (Å²) in [6.07, 6.45) is 0. The number of aromatic nitrogens is 2. The maximum Gasteiger partial charge on any atom is 0.277 e. The van der Waals surface area contributed by atoms with Crippen molar-refractivity contribution in [2.75, 3.05) is 4.90 Å². The topological polar surface area (TPSA) is 69.2 Å². The summed E-state index contributed by atoms with van der Waals surface area (Å²) < 4.78 is 13.5. The molecular weight excluding hydrogens is 381 g/mol. The van der Waals surface area contributed by atoms with Gasteiger partial charge in [0.15, 0.2) is 0 Å². The highest BCUT2D eigenvalue weighted by Gasteiger charge is 2.43. The van der Waals surface area contributed by atoms with Gasteiger partial charge in [-0.05, 0) is 48.9 Å². The van der Waals surface area contributed by atoms with Crippen molar-refractivity contribution in [2.24, 2.45) is 0 Å². The highest BCUT2D eigenvalue weighted by Crippen LogP contribution is 2.45. The number of aromatic hydroxyl groups is 1. The molecule has 148 valence electrons. The van der Waals surface area contributed by atoms with Crippen LogP contribution in [0.1, 0.15) is 33.2 Å². The molecule has 6 heteroatoms.